The lowest BCUT2D eigenvalue weighted by Gasteiger charge is -2.25. The lowest BCUT2D eigenvalue weighted by Crippen LogP contribution is -2.40. The van der Waals surface area contributed by atoms with E-state index in [0.29, 0.717) is 31.4 Å². The largest absolute Gasteiger partial charge is 0.497 e. The Morgan fingerprint density at radius 2 is 1.82 bits per heavy atom. The van der Waals surface area contributed by atoms with Gasteiger partial charge in [-0.3, -0.25) is 9.36 Å². The van der Waals surface area contributed by atoms with Gasteiger partial charge >= 0.3 is 5.97 Å². The molecule has 0 spiro atoms. The monoisotopic (exact) mass is 482 g/mol. The highest BCUT2D eigenvalue weighted by Crippen LogP contribution is 2.31. The van der Waals surface area contributed by atoms with Crippen molar-refractivity contribution in [2.45, 2.75) is 32.9 Å². The molecule has 2 heterocycles. The first kappa shape index (κ1) is 23.0. The van der Waals surface area contributed by atoms with Gasteiger partial charge in [-0.25, -0.2) is 9.79 Å². The molecule has 0 aliphatic carbocycles. The van der Waals surface area contributed by atoms with Gasteiger partial charge in [0.05, 0.1) is 35.1 Å². The Kier molecular flexibility index (Phi) is 6.54. The van der Waals surface area contributed by atoms with Crippen LogP contribution in [0.4, 0.5) is 0 Å². The highest BCUT2D eigenvalue weighted by atomic mass is 35.5. The first-order chi connectivity index (χ1) is 15.8. The van der Waals surface area contributed by atoms with Gasteiger partial charge in [-0.15, -0.1) is 0 Å². The number of nitrogens with zero attached hydrogens (tertiary/aromatic N) is 2. The lowest BCUT2D eigenvalue weighted by molar-refractivity contribution is -0.143. The molecule has 1 aromatic heterocycles. The van der Waals surface area contributed by atoms with Gasteiger partial charge in [0.15, 0.2) is 4.80 Å². The van der Waals surface area contributed by atoms with Gasteiger partial charge in [-0.2, -0.15) is 0 Å². The van der Waals surface area contributed by atoms with Gasteiger partial charge in [-0.05, 0) is 62.2 Å². The number of thiazole rings is 1. The maximum absolute atomic E-state index is 13.5. The van der Waals surface area contributed by atoms with Crippen molar-refractivity contribution in [2.75, 3.05) is 7.11 Å². The molecule has 1 unspecified atom stereocenters. The van der Waals surface area contributed by atoms with E-state index in [4.69, 9.17) is 21.1 Å². The van der Waals surface area contributed by atoms with E-state index in [0.717, 1.165) is 11.1 Å². The predicted octanol–water partition coefficient (Wildman–Crippen LogP) is 3.85. The number of aromatic nitrogens is 1. The quantitative estimate of drug-likeness (QED) is 0.518. The van der Waals surface area contributed by atoms with Gasteiger partial charge in [0.25, 0.3) is 5.56 Å². The van der Waals surface area contributed by atoms with E-state index in [1.807, 2.05) is 24.3 Å². The van der Waals surface area contributed by atoms with Crippen LogP contribution >= 0.6 is 22.9 Å². The Morgan fingerprint density at radius 3 is 2.42 bits per heavy atom. The zero-order valence-electron chi connectivity index (χ0n) is 18.7. The predicted molar refractivity (Wildman–Crippen MR) is 129 cm³/mol. The number of allylic oxidation sites excluding steroid dienone is 1. The summed E-state index contributed by atoms with van der Waals surface area (Å²) in [5.41, 5.74) is 2.26. The third kappa shape index (κ3) is 4.65. The second kappa shape index (κ2) is 9.37. The number of hydrogen-bond donors (Lipinski definition) is 0. The Labute approximate surface area is 200 Å². The Bertz CT molecular complexity index is 1400. The summed E-state index contributed by atoms with van der Waals surface area (Å²) in [5, 5.41) is 0.622. The standard InChI is InChI=1S/C25H23ClN2O4S/c1-14(2)32-24(30)21-15(3)27-25-28(22(21)17-7-11-19(31-4)12-8-17)23(29)20(33-25)13-16-5-9-18(26)10-6-16/h5-14,22H,1-4H3/b20-13-. The van der Waals surface area contributed by atoms with Crippen LogP contribution < -0.4 is 19.6 Å². The molecule has 0 saturated heterocycles. The van der Waals surface area contributed by atoms with Gasteiger partial charge in [0, 0.05) is 5.02 Å². The topological polar surface area (TPSA) is 69.9 Å². The summed E-state index contributed by atoms with van der Waals surface area (Å²) in [5.74, 6) is 0.194. The fourth-order valence-electron chi connectivity index (χ4n) is 3.67. The Hall–Kier alpha value is -3.16. The molecular weight excluding hydrogens is 460 g/mol. The highest BCUT2D eigenvalue weighted by molar-refractivity contribution is 7.07. The van der Waals surface area contributed by atoms with Crippen LogP contribution in [0.15, 0.2) is 69.6 Å². The van der Waals surface area contributed by atoms with Crippen LogP contribution in [0.2, 0.25) is 5.02 Å². The fraction of sp³-hybridized carbons (Fsp3) is 0.240. The molecule has 0 N–H and O–H groups in total. The molecule has 0 bridgehead atoms. The zero-order chi connectivity index (χ0) is 23.7. The third-order valence-corrected chi connectivity index (χ3v) is 6.42. The van der Waals surface area contributed by atoms with Crippen LogP contribution in [0.1, 0.15) is 37.9 Å². The third-order valence-electron chi connectivity index (χ3n) is 5.18. The van der Waals surface area contributed by atoms with Crippen molar-refractivity contribution >= 4 is 35.0 Å². The van der Waals surface area contributed by atoms with Crippen molar-refractivity contribution in [3.8, 4) is 5.75 Å². The first-order valence-corrected chi connectivity index (χ1v) is 11.6. The summed E-state index contributed by atoms with van der Waals surface area (Å²) >= 11 is 7.27. The summed E-state index contributed by atoms with van der Waals surface area (Å²) in [6.45, 7) is 5.35. The average molecular weight is 483 g/mol. The highest BCUT2D eigenvalue weighted by Gasteiger charge is 2.33. The molecule has 0 fully saturated rings. The van der Waals surface area contributed by atoms with E-state index in [9.17, 15) is 9.59 Å². The Balaban J connectivity index is 1.92. The normalized spacial score (nSPS) is 15.9. The molecule has 0 radical (unpaired) electrons. The van der Waals surface area contributed by atoms with Crippen molar-refractivity contribution in [3.63, 3.8) is 0 Å². The molecular formula is C25H23ClN2O4S. The molecule has 0 saturated carbocycles. The summed E-state index contributed by atoms with van der Waals surface area (Å²) in [7, 11) is 1.59. The molecule has 6 nitrogen and oxygen atoms in total. The number of halogens is 1. The number of esters is 1. The Morgan fingerprint density at radius 1 is 1.15 bits per heavy atom. The van der Waals surface area contributed by atoms with Crippen LogP contribution in [-0.2, 0) is 9.53 Å². The number of methoxy groups -OCH3 is 1. The molecule has 4 rings (SSSR count). The van der Waals surface area contributed by atoms with E-state index in [-0.39, 0.29) is 11.7 Å². The van der Waals surface area contributed by atoms with E-state index >= 15 is 0 Å². The number of carbonyl (C=O) groups excluding carboxylic acids is 1. The molecule has 3 aromatic rings. The number of ether oxygens (including phenoxy) is 2. The molecule has 2 aromatic carbocycles. The molecule has 1 aliphatic rings. The SMILES string of the molecule is COc1ccc(C2C(C(=O)OC(C)C)=C(C)N=c3s/c(=C\c4ccc(Cl)cc4)c(=O)n32)cc1. The van der Waals surface area contributed by atoms with Crippen molar-refractivity contribution < 1.29 is 14.3 Å². The number of benzene rings is 2. The van der Waals surface area contributed by atoms with Crippen LogP contribution in [0.25, 0.3) is 6.08 Å². The lowest BCUT2D eigenvalue weighted by atomic mass is 9.96. The molecule has 33 heavy (non-hydrogen) atoms. The number of carbonyl (C=O) groups is 1. The molecule has 8 heteroatoms. The minimum atomic E-state index is -0.661. The van der Waals surface area contributed by atoms with E-state index in [1.54, 1.807) is 62.8 Å². The van der Waals surface area contributed by atoms with Crippen molar-refractivity contribution in [2.24, 2.45) is 4.99 Å². The summed E-state index contributed by atoms with van der Waals surface area (Å²) < 4.78 is 12.9. The van der Waals surface area contributed by atoms with E-state index in [2.05, 4.69) is 4.99 Å². The van der Waals surface area contributed by atoms with Crippen molar-refractivity contribution in [1.29, 1.82) is 0 Å². The number of fused-ring (bicyclic) bond motifs is 1. The maximum atomic E-state index is 13.5. The van der Waals surface area contributed by atoms with Crippen LogP contribution in [0.5, 0.6) is 5.75 Å². The van der Waals surface area contributed by atoms with E-state index in [1.165, 1.54) is 11.3 Å². The minimum Gasteiger partial charge on any atom is -0.497 e. The second-order valence-corrected chi connectivity index (χ2v) is 9.31. The molecule has 1 aliphatic heterocycles. The van der Waals surface area contributed by atoms with Crippen molar-refractivity contribution in [1.82, 2.24) is 4.57 Å². The van der Waals surface area contributed by atoms with Crippen molar-refractivity contribution in [3.05, 3.63) is 95.6 Å². The smallest absolute Gasteiger partial charge is 0.338 e. The van der Waals surface area contributed by atoms with Gasteiger partial charge in [-0.1, -0.05) is 47.2 Å². The average Bonchev–Trinajstić information content (AvgIpc) is 3.08. The summed E-state index contributed by atoms with van der Waals surface area (Å²) in [6.07, 6.45) is 1.50. The minimum absolute atomic E-state index is 0.225. The molecule has 170 valence electrons. The molecule has 1 atom stereocenters. The zero-order valence-corrected chi connectivity index (χ0v) is 20.2. The van der Waals surface area contributed by atoms with Crippen LogP contribution in [0.3, 0.4) is 0 Å². The second-order valence-electron chi connectivity index (χ2n) is 7.86. The number of rotatable bonds is 5. The van der Waals surface area contributed by atoms with Gasteiger partial charge in [0.1, 0.15) is 5.75 Å². The fourth-order valence-corrected chi connectivity index (χ4v) is 4.84. The first-order valence-electron chi connectivity index (χ1n) is 10.4. The summed E-state index contributed by atoms with van der Waals surface area (Å²) in [4.78, 5) is 31.7. The maximum Gasteiger partial charge on any atom is 0.338 e. The molecule has 0 amide bonds. The van der Waals surface area contributed by atoms with Crippen LogP contribution in [-0.4, -0.2) is 23.8 Å². The van der Waals surface area contributed by atoms with E-state index < -0.39 is 12.0 Å². The van der Waals surface area contributed by atoms with Gasteiger partial charge < -0.3 is 9.47 Å². The number of hydrogen-bond acceptors (Lipinski definition) is 6. The summed E-state index contributed by atoms with van der Waals surface area (Å²) in [6, 6.07) is 13.9. The van der Waals surface area contributed by atoms with Crippen LogP contribution in [0, 0.1) is 0 Å². The van der Waals surface area contributed by atoms with Gasteiger partial charge in [0.2, 0.25) is 0 Å².